The number of hydrogen-bond acceptors (Lipinski definition) is 24. The van der Waals surface area contributed by atoms with Gasteiger partial charge in [-0.2, -0.15) is 0 Å². The summed E-state index contributed by atoms with van der Waals surface area (Å²) in [5.41, 5.74) is 4.33. The van der Waals surface area contributed by atoms with Gasteiger partial charge in [-0.3, -0.25) is 38.4 Å². The molecule has 0 unspecified atom stereocenters. The molecule has 4 aromatic carbocycles. The van der Waals surface area contributed by atoms with Gasteiger partial charge in [0.05, 0.1) is 35.8 Å². The number of pyridine rings is 4. The Morgan fingerprint density at radius 1 is 0.406 bits per heavy atom. The number of ether oxygens (including phenoxy) is 4. The Bertz CT molecular complexity index is 5510. The van der Waals surface area contributed by atoms with Crippen LogP contribution in [-0.4, -0.2) is 137 Å². The second-order valence-electron chi connectivity index (χ2n) is 22.2. The smallest absolute Gasteiger partial charge is 0.293 e. The fourth-order valence-electron chi connectivity index (χ4n) is 9.76. The second-order valence-corrected chi connectivity index (χ2v) is 23.8. The second kappa shape index (κ2) is 36.6. The maximum absolute atomic E-state index is 12.6. The van der Waals surface area contributed by atoms with E-state index in [-0.39, 0.29) is 84.2 Å². The van der Waals surface area contributed by atoms with E-state index in [1.807, 2.05) is 56.3 Å². The van der Waals surface area contributed by atoms with Gasteiger partial charge in [-0.25, -0.2) is 39.9 Å². The highest BCUT2D eigenvalue weighted by atomic mass is 35.5. The third-order valence-corrected chi connectivity index (χ3v) is 16.1. The standard InChI is InChI=1S/C19H20ClN5O3.C18H18ClN5O3.C17H16ClN5O3.C16H14ClN5O3/c1-4-25-15-6-5-13(24-18-14(20)9-22-11(2)23-18)7-12(15)8-16(19(25)27)28-10-17(26)21-3;1-3-24-14-5-4-12(23-17-13(19)8-21-10-22-17)6-11(14)7-15(18(24)26)27-9-16(25)20-2;1-9-20-7-12(18)16(21-9)22-11-3-4-13-10(5-11)6-14(17(25)23-13)26-8-15(24)19-2;1-18-14(23)7-25-13-5-9-4-10(2-3-12(9)22-16(13)24)21-15-11(17)6-19-8-20-15/h5-9H,4,10H2,1-3H3,(H,21,26)(H,22,23,24);4-8,10H,3,9H2,1-2H3,(H,20,25)(H,21,22,23);3-7H,8H2,1-2H3,(H,19,24)(H,23,25)(H,20,21,22);2-6,8H,7H2,1H3,(H,18,23)(H,22,24)(H,19,20,21). The van der Waals surface area contributed by atoms with Crippen LogP contribution in [0.1, 0.15) is 25.5 Å². The number of rotatable bonds is 22. The molecule has 0 saturated carbocycles. The quantitative estimate of drug-likeness (QED) is 0.0302. The number of H-pyrrole nitrogens is 2. The Morgan fingerprint density at radius 3 is 1.06 bits per heavy atom. The number of nitrogens with one attached hydrogen (secondary N) is 10. The first-order valence-corrected chi connectivity index (χ1v) is 33.5. The van der Waals surface area contributed by atoms with Gasteiger partial charge >= 0.3 is 0 Å². The zero-order chi connectivity index (χ0) is 76.1. The van der Waals surface area contributed by atoms with E-state index in [9.17, 15) is 38.4 Å². The monoisotopic (exact) mass is 1520 g/mol. The molecule has 10 N–H and O–H groups in total. The number of anilines is 8. The zero-order valence-corrected chi connectivity index (χ0v) is 60.9. The van der Waals surface area contributed by atoms with Gasteiger partial charge in [0.1, 0.15) is 44.4 Å². The first kappa shape index (κ1) is 77.6. The van der Waals surface area contributed by atoms with E-state index < -0.39 is 11.1 Å². The number of likely N-dealkylation sites (N-methyl/N-ethyl adjacent to an activating group) is 4. The minimum Gasteiger partial charge on any atom is -0.478 e. The van der Waals surface area contributed by atoms with Crippen molar-refractivity contribution in [2.24, 2.45) is 0 Å². The lowest BCUT2D eigenvalue weighted by atomic mass is 10.1. The molecule has 106 heavy (non-hydrogen) atoms. The summed E-state index contributed by atoms with van der Waals surface area (Å²) in [7, 11) is 6.00. The van der Waals surface area contributed by atoms with Crippen molar-refractivity contribution in [1.82, 2.24) is 80.2 Å². The molecule has 12 aromatic rings. The Labute approximate surface area is 622 Å². The van der Waals surface area contributed by atoms with Crippen molar-refractivity contribution in [1.29, 1.82) is 0 Å². The summed E-state index contributed by atoms with van der Waals surface area (Å²) in [6, 6.07) is 28.1. The lowest BCUT2D eigenvalue weighted by molar-refractivity contribution is -0.123. The number of aromatic amines is 2. The number of fused-ring (bicyclic) bond motifs is 4. The number of aryl methyl sites for hydroxylation is 4. The molecule has 36 heteroatoms. The fraction of sp³-hybridized carbons (Fsp3) is 0.200. The average molecular weight is 1520 g/mol. The largest absolute Gasteiger partial charge is 0.478 e. The lowest BCUT2D eigenvalue weighted by Crippen LogP contribution is -2.28. The SMILES string of the molecule is CCn1c(=O)c(OCC(=O)NC)cc2cc(Nc3nc(C)ncc3Cl)ccc21.CCn1c(=O)c(OCC(=O)NC)cc2cc(Nc3ncncc3Cl)ccc21.CNC(=O)COc1cc2cc(Nc3nc(C)ncc3Cl)ccc2[nH]c1=O.CNC(=O)COc1cc2cc(Nc3ncncc3Cl)ccc2[nH]c1=O. The number of carbonyl (C=O) groups is 4. The fourth-order valence-corrected chi connectivity index (χ4v) is 10.3. The van der Waals surface area contributed by atoms with E-state index in [1.54, 1.807) is 77.6 Å². The van der Waals surface area contributed by atoms with Crippen LogP contribution < -0.4 is 83.7 Å². The van der Waals surface area contributed by atoms with Crippen molar-refractivity contribution in [2.45, 2.75) is 40.8 Å². The van der Waals surface area contributed by atoms with Crippen molar-refractivity contribution >= 4 is 160 Å². The molecule has 8 heterocycles. The van der Waals surface area contributed by atoms with Gasteiger partial charge in [-0.05, 0) is 125 Å². The van der Waals surface area contributed by atoms with Crippen LogP contribution in [0.3, 0.4) is 0 Å². The lowest BCUT2D eigenvalue weighted by Gasteiger charge is -2.14. The average Bonchev–Trinajstić information content (AvgIpc) is 0.791. The molecule has 8 aromatic heterocycles. The maximum atomic E-state index is 12.6. The first-order valence-electron chi connectivity index (χ1n) is 32.0. The van der Waals surface area contributed by atoms with Crippen molar-refractivity contribution < 1.29 is 38.1 Å². The van der Waals surface area contributed by atoms with E-state index in [4.69, 9.17) is 65.4 Å². The summed E-state index contributed by atoms with van der Waals surface area (Å²) in [6.45, 7) is 7.30. The number of hydrogen-bond donors (Lipinski definition) is 10. The zero-order valence-electron chi connectivity index (χ0n) is 57.8. The van der Waals surface area contributed by atoms with Gasteiger partial charge in [0.25, 0.3) is 45.9 Å². The van der Waals surface area contributed by atoms with Gasteiger partial charge in [0.15, 0.2) is 72.7 Å². The molecule has 0 fully saturated rings. The van der Waals surface area contributed by atoms with E-state index in [0.29, 0.717) is 79.1 Å². The van der Waals surface area contributed by atoms with Crippen molar-refractivity contribution in [3.05, 3.63) is 208 Å². The number of halogens is 4. The molecule has 4 amide bonds. The molecular weight excluding hydrogens is 1450 g/mol. The highest BCUT2D eigenvalue weighted by molar-refractivity contribution is 6.34. The summed E-state index contributed by atoms with van der Waals surface area (Å²) in [4.78, 5) is 133. The van der Waals surface area contributed by atoms with Gasteiger partial charge in [-0.15, -0.1) is 0 Å². The highest BCUT2D eigenvalue weighted by Crippen LogP contribution is 2.31. The molecule has 0 aliphatic heterocycles. The molecule has 548 valence electrons. The summed E-state index contributed by atoms with van der Waals surface area (Å²) in [6.07, 6.45) is 8.83. The topological polar surface area (TPSA) is 414 Å². The Kier molecular flexibility index (Phi) is 26.8. The highest BCUT2D eigenvalue weighted by Gasteiger charge is 2.17. The maximum Gasteiger partial charge on any atom is 0.293 e. The normalized spacial score (nSPS) is 10.6. The van der Waals surface area contributed by atoms with Gasteiger partial charge in [0.2, 0.25) is 0 Å². The van der Waals surface area contributed by atoms with Gasteiger partial charge < -0.3 is 80.6 Å². The van der Waals surface area contributed by atoms with E-state index in [2.05, 4.69) is 92.4 Å². The first-order chi connectivity index (χ1) is 51.0. The summed E-state index contributed by atoms with van der Waals surface area (Å²) in [5, 5.41) is 26.8. The van der Waals surface area contributed by atoms with Crippen molar-refractivity contribution in [2.75, 3.05) is 75.9 Å². The predicted octanol–water partition coefficient (Wildman–Crippen LogP) is 8.96. The Morgan fingerprint density at radius 2 is 0.717 bits per heavy atom. The van der Waals surface area contributed by atoms with Crippen LogP contribution in [0.4, 0.5) is 46.0 Å². The number of carbonyl (C=O) groups excluding carboxylic acids is 4. The number of aromatic nitrogens is 12. The minimum atomic E-state index is -0.407. The van der Waals surface area contributed by atoms with Crippen LogP contribution in [0, 0.1) is 13.8 Å². The number of benzene rings is 4. The number of nitrogens with zero attached hydrogens (tertiary/aromatic N) is 10. The van der Waals surface area contributed by atoms with E-state index >= 15 is 0 Å². The molecule has 0 spiro atoms. The molecule has 0 atom stereocenters. The summed E-state index contributed by atoms with van der Waals surface area (Å²) < 4.78 is 24.6. The Hall–Kier alpha value is -12.5. The van der Waals surface area contributed by atoms with E-state index in [0.717, 1.165) is 55.3 Å². The van der Waals surface area contributed by atoms with Crippen LogP contribution >= 0.6 is 46.4 Å². The van der Waals surface area contributed by atoms with Crippen LogP contribution in [0.2, 0.25) is 20.1 Å². The molecule has 0 aliphatic rings. The Balaban J connectivity index is 0.000000164. The van der Waals surface area contributed by atoms with Crippen LogP contribution in [-0.2, 0) is 32.3 Å². The van der Waals surface area contributed by atoms with Crippen LogP contribution in [0.5, 0.6) is 23.0 Å². The third-order valence-electron chi connectivity index (χ3n) is 15.0. The molecule has 0 radical (unpaired) electrons. The molecule has 0 saturated heterocycles. The number of amides is 4. The molecule has 12 rings (SSSR count). The third kappa shape index (κ3) is 20.4. The predicted molar refractivity (Wildman–Crippen MR) is 406 cm³/mol. The summed E-state index contributed by atoms with van der Waals surface area (Å²) in [5.74, 6) is 2.19. The van der Waals surface area contributed by atoms with Crippen molar-refractivity contribution in [3.8, 4) is 23.0 Å². The molecule has 32 nitrogen and oxygen atoms in total. The van der Waals surface area contributed by atoms with Crippen LogP contribution in [0.15, 0.2) is 154 Å². The van der Waals surface area contributed by atoms with Crippen molar-refractivity contribution in [3.63, 3.8) is 0 Å². The molecular formula is C70H68Cl4N20O12. The molecule has 0 bridgehead atoms. The van der Waals surface area contributed by atoms with Gasteiger partial charge in [-0.1, -0.05) is 46.4 Å². The van der Waals surface area contributed by atoms with Crippen LogP contribution in [0.25, 0.3) is 43.6 Å². The van der Waals surface area contributed by atoms with Gasteiger partial charge in [0, 0.05) is 96.6 Å². The minimum absolute atomic E-state index is 0.0633. The van der Waals surface area contributed by atoms with E-state index in [1.165, 1.54) is 65.6 Å². The summed E-state index contributed by atoms with van der Waals surface area (Å²) >= 11 is 24.4. The molecule has 0 aliphatic carbocycles.